The number of nitrogens with one attached hydrogen (secondary N) is 1. The van der Waals surface area contributed by atoms with Gasteiger partial charge in [0.25, 0.3) is 0 Å². The van der Waals surface area contributed by atoms with Crippen molar-refractivity contribution < 1.29 is 14.3 Å². The monoisotopic (exact) mass is 405 g/mol. The molecule has 154 valence electrons. The lowest BCUT2D eigenvalue weighted by molar-refractivity contribution is -0.114. The van der Waals surface area contributed by atoms with Crippen LogP contribution < -0.4 is 14.8 Å². The van der Waals surface area contributed by atoms with Crippen LogP contribution in [-0.2, 0) is 11.4 Å². The smallest absolute Gasteiger partial charge is 0.248 e. The molecule has 1 aromatic heterocycles. The molecular weight excluding hydrogens is 382 g/mol. The second-order valence-corrected chi connectivity index (χ2v) is 7.25. The summed E-state index contributed by atoms with van der Waals surface area (Å²) in [4.78, 5) is 12.4. The van der Waals surface area contributed by atoms with E-state index in [4.69, 9.17) is 9.47 Å². The molecule has 0 radical (unpaired) electrons. The predicted molar refractivity (Wildman–Crippen MR) is 111 cm³/mol. The molecule has 0 spiro atoms. The van der Waals surface area contributed by atoms with Gasteiger partial charge in [-0.15, -0.1) is 0 Å². The zero-order valence-electron chi connectivity index (χ0n) is 17.3. The molecule has 0 amide bonds. The van der Waals surface area contributed by atoms with Gasteiger partial charge in [-0.2, -0.15) is 4.68 Å². The Morgan fingerprint density at radius 2 is 1.90 bits per heavy atom. The third-order valence-electron chi connectivity index (χ3n) is 5.11. The Kier molecular flexibility index (Phi) is 5.22. The number of hydrogen-bond acceptors (Lipinski definition) is 7. The van der Waals surface area contributed by atoms with E-state index in [9.17, 15) is 4.79 Å². The normalized spacial score (nSPS) is 15.4. The minimum atomic E-state index is -0.450. The lowest BCUT2D eigenvalue weighted by Crippen LogP contribution is -2.27. The fourth-order valence-corrected chi connectivity index (χ4v) is 3.60. The van der Waals surface area contributed by atoms with Crippen LogP contribution in [0.1, 0.15) is 36.6 Å². The van der Waals surface area contributed by atoms with E-state index in [-0.39, 0.29) is 5.78 Å². The fourth-order valence-electron chi connectivity index (χ4n) is 3.60. The van der Waals surface area contributed by atoms with Gasteiger partial charge in [0.2, 0.25) is 5.95 Å². The number of aromatic nitrogens is 4. The molecule has 1 unspecified atom stereocenters. The van der Waals surface area contributed by atoms with Gasteiger partial charge in [-0.1, -0.05) is 41.0 Å². The van der Waals surface area contributed by atoms with Crippen molar-refractivity contribution in [2.24, 2.45) is 0 Å². The topological polar surface area (TPSA) is 91.2 Å². The summed E-state index contributed by atoms with van der Waals surface area (Å²) in [5.41, 5.74) is 4.43. The minimum absolute atomic E-state index is 0.0511. The second kappa shape index (κ2) is 7.98. The molecule has 2 aromatic carbocycles. The van der Waals surface area contributed by atoms with Gasteiger partial charge in [0.1, 0.15) is 12.6 Å². The average molecular weight is 405 g/mol. The largest absolute Gasteiger partial charge is 0.493 e. The number of hydrogen-bond donors (Lipinski definition) is 1. The van der Waals surface area contributed by atoms with Gasteiger partial charge in [-0.3, -0.25) is 4.79 Å². The first-order valence-electron chi connectivity index (χ1n) is 9.61. The number of anilines is 1. The average Bonchev–Trinajstić information content (AvgIpc) is 3.20. The summed E-state index contributed by atoms with van der Waals surface area (Å²) >= 11 is 0. The van der Waals surface area contributed by atoms with Crippen LogP contribution in [0.5, 0.6) is 11.5 Å². The van der Waals surface area contributed by atoms with E-state index in [0.29, 0.717) is 29.6 Å². The highest BCUT2D eigenvalue weighted by Crippen LogP contribution is 2.38. The molecule has 1 aliphatic heterocycles. The number of carbonyl (C=O) groups is 1. The Morgan fingerprint density at radius 3 is 2.60 bits per heavy atom. The first-order valence-corrected chi connectivity index (χ1v) is 9.61. The van der Waals surface area contributed by atoms with Gasteiger partial charge in [0.05, 0.1) is 7.11 Å². The molecule has 1 atom stereocenters. The number of allylic oxidation sites excluding steroid dienone is 2. The van der Waals surface area contributed by atoms with Gasteiger partial charge in [0, 0.05) is 11.3 Å². The van der Waals surface area contributed by atoms with Crippen LogP contribution in [0.2, 0.25) is 0 Å². The summed E-state index contributed by atoms with van der Waals surface area (Å²) in [6, 6.07) is 13.4. The molecular formula is C22H23N5O3. The van der Waals surface area contributed by atoms with E-state index in [1.165, 1.54) is 5.56 Å². The molecule has 0 bridgehead atoms. The Morgan fingerprint density at radius 1 is 1.13 bits per heavy atom. The number of tetrazole rings is 1. The van der Waals surface area contributed by atoms with Gasteiger partial charge in [-0.05, 0) is 54.5 Å². The van der Waals surface area contributed by atoms with Crippen LogP contribution in [-0.4, -0.2) is 33.1 Å². The van der Waals surface area contributed by atoms with Crippen molar-refractivity contribution in [3.63, 3.8) is 0 Å². The number of carbonyl (C=O) groups excluding carboxylic acids is 1. The quantitative estimate of drug-likeness (QED) is 0.672. The highest BCUT2D eigenvalue weighted by Gasteiger charge is 2.32. The number of methoxy groups -OCH3 is 1. The van der Waals surface area contributed by atoms with Crippen molar-refractivity contribution in [1.29, 1.82) is 0 Å². The maximum atomic E-state index is 12.4. The Hall–Kier alpha value is -3.68. The van der Waals surface area contributed by atoms with Crippen molar-refractivity contribution in [2.45, 2.75) is 33.4 Å². The summed E-state index contributed by atoms with van der Waals surface area (Å²) in [6.45, 7) is 5.87. The van der Waals surface area contributed by atoms with Gasteiger partial charge >= 0.3 is 0 Å². The molecule has 0 saturated carbocycles. The van der Waals surface area contributed by atoms with Crippen LogP contribution in [0.25, 0.3) is 0 Å². The summed E-state index contributed by atoms with van der Waals surface area (Å²) in [5, 5.41) is 14.9. The van der Waals surface area contributed by atoms with Gasteiger partial charge in [0.15, 0.2) is 17.3 Å². The number of nitrogens with zero attached hydrogens (tertiary/aromatic N) is 4. The number of ketones is 1. The Labute approximate surface area is 174 Å². The fraction of sp³-hybridized carbons (Fsp3) is 0.273. The first-order chi connectivity index (χ1) is 14.5. The zero-order chi connectivity index (χ0) is 21.3. The van der Waals surface area contributed by atoms with E-state index in [0.717, 1.165) is 16.8 Å². The maximum Gasteiger partial charge on any atom is 0.248 e. The highest BCUT2D eigenvalue weighted by atomic mass is 16.5. The molecule has 0 fully saturated rings. The zero-order valence-corrected chi connectivity index (χ0v) is 17.3. The number of fused-ring (bicyclic) bond motifs is 1. The van der Waals surface area contributed by atoms with E-state index < -0.39 is 6.04 Å². The molecule has 30 heavy (non-hydrogen) atoms. The Bertz CT molecular complexity index is 1120. The first kappa shape index (κ1) is 19.6. The van der Waals surface area contributed by atoms with Crippen LogP contribution in [0.3, 0.4) is 0 Å². The van der Waals surface area contributed by atoms with Crippen LogP contribution in [0.4, 0.5) is 5.95 Å². The summed E-state index contributed by atoms with van der Waals surface area (Å²) in [5.74, 6) is 1.64. The van der Waals surface area contributed by atoms with E-state index >= 15 is 0 Å². The summed E-state index contributed by atoms with van der Waals surface area (Å²) < 4.78 is 13.2. The molecule has 1 N–H and O–H groups in total. The molecule has 2 heterocycles. The molecule has 8 nitrogen and oxygen atoms in total. The van der Waals surface area contributed by atoms with Crippen LogP contribution in [0, 0.1) is 6.92 Å². The number of benzene rings is 2. The molecule has 3 aromatic rings. The third kappa shape index (κ3) is 3.63. The Balaban J connectivity index is 1.66. The van der Waals surface area contributed by atoms with Crippen molar-refractivity contribution in [3.05, 3.63) is 70.4 Å². The van der Waals surface area contributed by atoms with E-state index in [2.05, 4.69) is 39.9 Å². The maximum absolute atomic E-state index is 12.4. The lowest BCUT2D eigenvalue weighted by atomic mass is 9.93. The predicted octanol–water partition coefficient (Wildman–Crippen LogP) is 3.45. The summed E-state index contributed by atoms with van der Waals surface area (Å²) in [6.07, 6.45) is 0. The van der Waals surface area contributed by atoms with Crippen molar-refractivity contribution >= 4 is 11.7 Å². The third-order valence-corrected chi connectivity index (χ3v) is 5.11. The van der Waals surface area contributed by atoms with E-state index in [1.54, 1.807) is 18.7 Å². The molecule has 0 saturated heterocycles. The SMILES string of the molecule is COc1cc(C2C(C(C)=O)=C(C)Nc3nnnn32)ccc1OCc1ccc(C)cc1. The van der Waals surface area contributed by atoms with Crippen LogP contribution >= 0.6 is 0 Å². The number of aryl methyl sites for hydroxylation is 1. The number of ether oxygens (including phenoxy) is 2. The van der Waals surface area contributed by atoms with Crippen molar-refractivity contribution in [3.8, 4) is 11.5 Å². The molecule has 0 aliphatic carbocycles. The van der Waals surface area contributed by atoms with E-state index in [1.807, 2.05) is 37.3 Å². The summed E-state index contributed by atoms with van der Waals surface area (Å²) in [7, 11) is 1.59. The van der Waals surface area contributed by atoms with Crippen LogP contribution in [0.15, 0.2) is 53.7 Å². The van der Waals surface area contributed by atoms with Gasteiger partial charge in [-0.25, -0.2) is 0 Å². The lowest BCUT2D eigenvalue weighted by Gasteiger charge is -2.27. The highest BCUT2D eigenvalue weighted by molar-refractivity contribution is 5.96. The number of Topliss-reactive ketones (excluding diaryl/α,β-unsaturated/α-hetero) is 1. The minimum Gasteiger partial charge on any atom is -0.493 e. The molecule has 4 rings (SSSR count). The molecule has 1 aliphatic rings. The second-order valence-electron chi connectivity index (χ2n) is 7.25. The van der Waals surface area contributed by atoms with Crippen molar-refractivity contribution in [1.82, 2.24) is 20.2 Å². The standard InChI is InChI=1S/C22H23N5O3/c1-13-5-7-16(8-6-13)12-30-18-10-9-17(11-19(18)29-4)21-20(15(3)28)14(2)23-22-24-25-26-27(21)22/h5-11,21H,12H2,1-4H3,(H,23,24,26). The van der Waals surface area contributed by atoms with Crippen molar-refractivity contribution in [2.75, 3.05) is 12.4 Å². The molecule has 8 heteroatoms. The number of rotatable bonds is 6. The van der Waals surface area contributed by atoms with Gasteiger partial charge < -0.3 is 14.8 Å².